The lowest BCUT2D eigenvalue weighted by atomic mass is 10.0. The molecule has 2 aromatic rings. The quantitative estimate of drug-likeness (QED) is 0.388. The summed E-state index contributed by atoms with van der Waals surface area (Å²) in [6, 6.07) is 10.2. The van der Waals surface area contributed by atoms with Gasteiger partial charge in [-0.25, -0.2) is 8.42 Å². The average Bonchev–Trinajstić information content (AvgIpc) is 3.27. The third kappa shape index (κ3) is 5.21. The summed E-state index contributed by atoms with van der Waals surface area (Å²) in [4.78, 5) is 13.1. The maximum Gasteiger partial charge on any atom is 0.264 e. The van der Waals surface area contributed by atoms with E-state index in [1.165, 1.54) is 36.4 Å². The number of carbonyl (C=O) groups is 1. The third-order valence-corrected chi connectivity index (χ3v) is 7.75. The predicted molar refractivity (Wildman–Crippen MR) is 135 cm³/mol. The Hall–Kier alpha value is -2.63. The molecule has 0 aliphatic carbocycles. The Kier molecular flexibility index (Phi) is 7.15. The van der Waals surface area contributed by atoms with Crippen LogP contribution in [0.25, 0.3) is 0 Å². The number of amides is 1. The van der Waals surface area contributed by atoms with Gasteiger partial charge in [-0.15, -0.1) is 0 Å². The van der Waals surface area contributed by atoms with Gasteiger partial charge in [0.25, 0.3) is 15.9 Å². The number of aliphatic hydroxyl groups excluding tert-OH is 1. The van der Waals surface area contributed by atoms with Crippen molar-refractivity contribution in [2.75, 3.05) is 4.72 Å². The van der Waals surface area contributed by atoms with Crippen LogP contribution in [-0.2, 0) is 10.0 Å². The Balaban J connectivity index is 1.56. The Morgan fingerprint density at radius 1 is 1.15 bits per heavy atom. The number of anilines is 1. The predicted octanol–water partition coefficient (Wildman–Crippen LogP) is 4.31. The van der Waals surface area contributed by atoms with Gasteiger partial charge < -0.3 is 15.1 Å². The monoisotopic (exact) mass is 538 g/mol. The minimum absolute atomic E-state index is 0.0133. The van der Waals surface area contributed by atoms with Crippen LogP contribution in [0.1, 0.15) is 28.9 Å². The van der Waals surface area contributed by atoms with Gasteiger partial charge in [-0.3, -0.25) is 13.8 Å². The van der Waals surface area contributed by atoms with Gasteiger partial charge in [0.1, 0.15) is 4.91 Å². The highest BCUT2D eigenvalue weighted by molar-refractivity contribution is 7.97. The zero-order valence-electron chi connectivity index (χ0n) is 17.7. The van der Waals surface area contributed by atoms with Crippen molar-refractivity contribution in [1.29, 1.82) is 0 Å². The summed E-state index contributed by atoms with van der Waals surface area (Å²) >= 11 is 13.2. The van der Waals surface area contributed by atoms with E-state index in [4.69, 9.17) is 23.2 Å². The van der Waals surface area contributed by atoms with E-state index >= 15 is 0 Å². The number of aliphatic hydroxyl groups is 1. The van der Waals surface area contributed by atoms with Crippen molar-refractivity contribution in [3.63, 3.8) is 0 Å². The van der Waals surface area contributed by atoms with Gasteiger partial charge in [-0.1, -0.05) is 35.3 Å². The van der Waals surface area contributed by atoms with Crippen molar-refractivity contribution in [1.82, 2.24) is 14.3 Å². The molecule has 2 atom stereocenters. The summed E-state index contributed by atoms with van der Waals surface area (Å²) in [6.07, 6.45) is 5.37. The fourth-order valence-electron chi connectivity index (χ4n) is 3.37. The first-order valence-electron chi connectivity index (χ1n) is 10.0. The van der Waals surface area contributed by atoms with Gasteiger partial charge in [-0.05, 0) is 55.0 Å². The summed E-state index contributed by atoms with van der Waals surface area (Å²) in [5.41, 5.74) is 1.10. The highest BCUT2D eigenvalue weighted by atomic mass is 35.5. The molecule has 0 fully saturated rings. The van der Waals surface area contributed by atoms with Gasteiger partial charge in [0.05, 0.1) is 41.2 Å². The van der Waals surface area contributed by atoms with Crippen molar-refractivity contribution >= 4 is 57.0 Å². The van der Waals surface area contributed by atoms with Crippen LogP contribution in [0.3, 0.4) is 0 Å². The number of sulfonamides is 1. The highest BCUT2D eigenvalue weighted by Crippen LogP contribution is 2.34. The number of benzene rings is 2. The van der Waals surface area contributed by atoms with Crippen LogP contribution in [0.4, 0.5) is 5.69 Å². The maximum absolute atomic E-state index is 13.2. The van der Waals surface area contributed by atoms with Crippen LogP contribution in [-0.4, -0.2) is 29.8 Å². The maximum atomic E-state index is 13.2. The third-order valence-electron chi connectivity index (χ3n) is 5.11. The Labute approximate surface area is 211 Å². The van der Waals surface area contributed by atoms with E-state index in [1.807, 2.05) is 0 Å². The second kappa shape index (κ2) is 9.93. The van der Waals surface area contributed by atoms with Gasteiger partial charge in [0.15, 0.2) is 0 Å². The number of fused-ring (bicyclic) bond motifs is 1. The van der Waals surface area contributed by atoms with Gasteiger partial charge in [0, 0.05) is 22.4 Å². The minimum atomic E-state index is -4.06. The first-order chi connectivity index (χ1) is 16.2. The van der Waals surface area contributed by atoms with E-state index in [0.717, 1.165) is 0 Å². The number of hydrogen-bond acceptors (Lipinski definition) is 7. The van der Waals surface area contributed by atoms with E-state index in [9.17, 15) is 18.3 Å². The second-order valence-corrected chi connectivity index (χ2v) is 10.8. The summed E-state index contributed by atoms with van der Waals surface area (Å²) in [5.74, 6) is -0.577. The lowest BCUT2D eigenvalue weighted by molar-refractivity contribution is 0.0853. The van der Waals surface area contributed by atoms with Crippen molar-refractivity contribution in [3.8, 4) is 0 Å². The van der Waals surface area contributed by atoms with E-state index in [1.54, 1.807) is 54.0 Å². The van der Waals surface area contributed by atoms with Crippen LogP contribution in [0.2, 0.25) is 10.0 Å². The fraction of sp³-hybridized carbons (Fsp3) is 0.136. The second-order valence-electron chi connectivity index (χ2n) is 7.49. The zero-order chi connectivity index (χ0) is 24.5. The van der Waals surface area contributed by atoms with Crippen LogP contribution in [0.15, 0.2) is 77.6 Å². The number of rotatable bonds is 7. The number of carbonyl (C=O) groups excluding carboxylic acids is 1. The molecule has 0 spiro atoms. The molecular weight excluding hydrogens is 519 g/mol. The fourth-order valence-corrected chi connectivity index (χ4v) is 5.65. The number of nitrogens with zero attached hydrogens (tertiary/aromatic N) is 1. The molecule has 0 radical (unpaired) electrons. The smallest absolute Gasteiger partial charge is 0.264 e. The Bertz CT molecular complexity index is 1310. The molecule has 34 heavy (non-hydrogen) atoms. The lowest BCUT2D eigenvalue weighted by Gasteiger charge is -2.23. The molecule has 2 aliphatic rings. The molecule has 0 saturated heterocycles. The first-order valence-corrected chi connectivity index (χ1v) is 13.0. The molecule has 178 valence electrons. The molecule has 2 heterocycles. The molecule has 1 amide bonds. The summed E-state index contributed by atoms with van der Waals surface area (Å²) < 4.78 is 33.4. The van der Waals surface area contributed by atoms with Crippen LogP contribution in [0, 0.1) is 0 Å². The molecule has 4 N–H and O–H groups in total. The minimum Gasteiger partial charge on any atom is -0.386 e. The van der Waals surface area contributed by atoms with Gasteiger partial charge in [0.2, 0.25) is 0 Å². The van der Waals surface area contributed by atoms with Crippen LogP contribution in [0.5, 0.6) is 0 Å². The van der Waals surface area contributed by atoms with Crippen molar-refractivity contribution < 1.29 is 18.3 Å². The van der Waals surface area contributed by atoms with Crippen LogP contribution < -0.4 is 14.8 Å². The molecule has 2 aliphatic heterocycles. The normalized spacial score (nSPS) is 16.6. The van der Waals surface area contributed by atoms with E-state index in [-0.39, 0.29) is 21.2 Å². The molecule has 12 heteroatoms. The average molecular weight is 539 g/mol. The lowest BCUT2D eigenvalue weighted by Crippen LogP contribution is -2.37. The standard InChI is InChI=1S/C22H20Cl2N4O4S2/c1-13(21(29)14-4-6-15(23)7-5-14)26-22(30)17-9-8-16(24)11-18(17)27-34(31,32)20-3-2-10-28-19(20)12-25-33-28/h2-13,21,25,27,29H,1H3,(H,26,30)/t13-,21-/m1/s1. The Morgan fingerprint density at radius 2 is 1.85 bits per heavy atom. The summed E-state index contributed by atoms with van der Waals surface area (Å²) in [7, 11) is -4.06. The molecular formula is C22H20Cl2N4O4S2. The topological polar surface area (TPSA) is 111 Å². The van der Waals surface area contributed by atoms with Crippen molar-refractivity contribution in [2.24, 2.45) is 0 Å². The van der Waals surface area contributed by atoms with Crippen molar-refractivity contribution in [2.45, 2.75) is 19.1 Å². The largest absolute Gasteiger partial charge is 0.386 e. The molecule has 0 aromatic heterocycles. The number of hydrogen-bond donors (Lipinski definition) is 4. The molecule has 8 nitrogen and oxygen atoms in total. The Morgan fingerprint density at radius 3 is 2.59 bits per heavy atom. The van der Waals surface area contributed by atoms with E-state index in [2.05, 4.69) is 14.8 Å². The summed E-state index contributed by atoms with van der Waals surface area (Å²) in [6.45, 7) is 1.64. The molecule has 0 saturated carbocycles. The molecule has 4 rings (SSSR count). The van der Waals surface area contributed by atoms with Crippen molar-refractivity contribution in [3.05, 3.63) is 98.8 Å². The SMILES string of the molecule is C[C@@H](NC(=O)c1ccc(Cl)cc1NS(=O)(=O)C1=CC=CN2SNC=C12)[C@@H](O)c1ccc(Cl)cc1. The van der Waals surface area contributed by atoms with Gasteiger partial charge >= 0.3 is 0 Å². The number of nitrogens with one attached hydrogen (secondary N) is 3. The molecule has 2 aromatic carbocycles. The number of halogens is 2. The highest BCUT2D eigenvalue weighted by Gasteiger charge is 2.31. The zero-order valence-corrected chi connectivity index (χ0v) is 20.8. The van der Waals surface area contributed by atoms with E-state index in [0.29, 0.717) is 16.3 Å². The first kappa shape index (κ1) is 24.5. The van der Waals surface area contributed by atoms with Gasteiger partial charge in [-0.2, -0.15) is 0 Å². The van der Waals surface area contributed by atoms with Crippen LogP contribution >= 0.6 is 35.3 Å². The number of allylic oxidation sites excluding steroid dienone is 2. The molecule has 0 unspecified atom stereocenters. The summed E-state index contributed by atoms with van der Waals surface area (Å²) in [5, 5.41) is 14.1. The molecule has 0 bridgehead atoms. The van der Waals surface area contributed by atoms with E-state index < -0.39 is 28.1 Å².